The molecule has 0 unspecified atom stereocenters. The number of guanidine groups is 1. The van der Waals surface area contributed by atoms with Gasteiger partial charge in [-0.15, -0.1) is 24.0 Å². The Bertz CT molecular complexity index is 791. The smallest absolute Gasteiger partial charge is 0.191 e. The summed E-state index contributed by atoms with van der Waals surface area (Å²) < 4.78 is 2.07. The summed E-state index contributed by atoms with van der Waals surface area (Å²) in [5, 5.41) is 11.3. The minimum atomic E-state index is 0. The Morgan fingerprint density at radius 2 is 1.83 bits per heavy atom. The predicted octanol–water partition coefficient (Wildman–Crippen LogP) is 4.11. The van der Waals surface area contributed by atoms with E-state index in [2.05, 4.69) is 74.5 Å². The lowest BCUT2D eigenvalue weighted by atomic mass is 9.99. The number of nitrogens with one attached hydrogen (secondary N) is 2. The highest BCUT2D eigenvalue weighted by Gasteiger charge is 2.15. The van der Waals surface area contributed by atoms with Crippen molar-refractivity contribution in [3.05, 3.63) is 47.3 Å². The van der Waals surface area contributed by atoms with Gasteiger partial charge in [0, 0.05) is 51.2 Å². The molecule has 2 aromatic rings. The maximum absolute atomic E-state index is 4.51. The number of aliphatic imine (C=N–C) groups is 1. The Morgan fingerprint density at radius 1 is 1.13 bits per heavy atom. The fraction of sp³-hybridized carbons (Fsp3) is 0.565. The second kappa shape index (κ2) is 12.2. The fourth-order valence-corrected chi connectivity index (χ4v) is 3.83. The zero-order valence-electron chi connectivity index (χ0n) is 18.8. The number of anilines is 1. The standard InChI is InChI=1S/C23H36N6.HI/c1-18-10-14-28(15-11-18)22-8-6-21(7-9-22)17-26-23(24-4)25-12-5-13-29-20(3)16-19(2)27-29;/h6-9,16,18H,5,10-15,17H2,1-4H3,(H2,24,25,26);1H. The van der Waals surface area contributed by atoms with E-state index in [0.29, 0.717) is 0 Å². The normalized spacial score (nSPS) is 15.1. The molecule has 3 rings (SSSR count). The van der Waals surface area contributed by atoms with Crippen LogP contribution in [0.5, 0.6) is 0 Å². The van der Waals surface area contributed by atoms with Crippen molar-refractivity contribution in [2.75, 3.05) is 31.6 Å². The van der Waals surface area contributed by atoms with Gasteiger partial charge in [-0.25, -0.2) is 0 Å². The van der Waals surface area contributed by atoms with E-state index in [-0.39, 0.29) is 24.0 Å². The number of halogens is 1. The third-order valence-electron chi connectivity index (χ3n) is 5.71. The van der Waals surface area contributed by atoms with Crippen molar-refractivity contribution in [3.63, 3.8) is 0 Å². The second-order valence-electron chi connectivity index (χ2n) is 8.19. The number of hydrogen-bond donors (Lipinski definition) is 2. The Balaban J connectivity index is 0.00000320. The van der Waals surface area contributed by atoms with Gasteiger partial charge in [0.1, 0.15) is 0 Å². The molecule has 0 bridgehead atoms. The molecule has 2 heterocycles. The summed E-state index contributed by atoms with van der Waals surface area (Å²) in [6.07, 6.45) is 3.60. The zero-order chi connectivity index (χ0) is 20.6. The van der Waals surface area contributed by atoms with Crippen molar-refractivity contribution < 1.29 is 0 Å². The summed E-state index contributed by atoms with van der Waals surface area (Å²) in [5.74, 6) is 1.70. The maximum Gasteiger partial charge on any atom is 0.191 e. The minimum Gasteiger partial charge on any atom is -0.372 e. The van der Waals surface area contributed by atoms with Crippen LogP contribution < -0.4 is 15.5 Å². The number of piperidine rings is 1. The topological polar surface area (TPSA) is 57.5 Å². The van der Waals surface area contributed by atoms with Gasteiger partial charge in [0.05, 0.1) is 5.69 Å². The van der Waals surface area contributed by atoms with Gasteiger partial charge < -0.3 is 15.5 Å². The molecule has 30 heavy (non-hydrogen) atoms. The molecule has 1 saturated heterocycles. The molecule has 1 aromatic carbocycles. The maximum atomic E-state index is 4.51. The first-order chi connectivity index (χ1) is 14.0. The highest BCUT2D eigenvalue weighted by Crippen LogP contribution is 2.23. The van der Waals surface area contributed by atoms with Crippen LogP contribution in [0.2, 0.25) is 0 Å². The largest absolute Gasteiger partial charge is 0.372 e. The summed E-state index contributed by atoms with van der Waals surface area (Å²) in [7, 11) is 1.82. The second-order valence-corrected chi connectivity index (χ2v) is 8.19. The SMILES string of the molecule is CN=C(NCCCn1nc(C)cc1C)NCc1ccc(N2CCC(C)CC2)cc1.I. The molecule has 2 N–H and O–H groups in total. The molecular formula is C23H37IN6. The van der Waals surface area contributed by atoms with Crippen LogP contribution in [0.1, 0.15) is 43.1 Å². The molecule has 7 heteroatoms. The monoisotopic (exact) mass is 524 g/mol. The number of nitrogens with zero attached hydrogens (tertiary/aromatic N) is 4. The average molecular weight is 524 g/mol. The molecule has 0 saturated carbocycles. The van der Waals surface area contributed by atoms with Crippen LogP contribution in [0.4, 0.5) is 5.69 Å². The molecule has 0 radical (unpaired) electrons. The Labute approximate surface area is 198 Å². The van der Waals surface area contributed by atoms with E-state index in [1.807, 2.05) is 14.0 Å². The Hall–Kier alpha value is -1.77. The molecule has 0 amide bonds. The Morgan fingerprint density at radius 3 is 2.43 bits per heavy atom. The number of benzene rings is 1. The van der Waals surface area contributed by atoms with Gasteiger partial charge in [-0.2, -0.15) is 5.10 Å². The van der Waals surface area contributed by atoms with Gasteiger partial charge in [0.15, 0.2) is 5.96 Å². The Kier molecular flexibility index (Phi) is 9.94. The van der Waals surface area contributed by atoms with E-state index in [1.165, 1.54) is 42.9 Å². The fourth-order valence-electron chi connectivity index (χ4n) is 3.83. The number of aryl methyl sites for hydroxylation is 3. The summed E-state index contributed by atoms with van der Waals surface area (Å²) in [6, 6.07) is 11.0. The van der Waals surface area contributed by atoms with E-state index in [4.69, 9.17) is 0 Å². The highest BCUT2D eigenvalue weighted by molar-refractivity contribution is 14.0. The van der Waals surface area contributed by atoms with Crippen LogP contribution >= 0.6 is 24.0 Å². The van der Waals surface area contributed by atoms with Gasteiger partial charge in [-0.05, 0) is 62.8 Å². The molecule has 1 fully saturated rings. The first-order valence-corrected chi connectivity index (χ1v) is 10.8. The van der Waals surface area contributed by atoms with E-state index in [9.17, 15) is 0 Å². The average Bonchev–Trinajstić information content (AvgIpc) is 3.05. The molecule has 0 atom stereocenters. The summed E-state index contributed by atoms with van der Waals surface area (Å²) in [5.41, 5.74) is 4.90. The van der Waals surface area contributed by atoms with Gasteiger partial charge in [0.25, 0.3) is 0 Å². The van der Waals surface area contributed by atoms with Crippen LogP contribution in [0.3, 0.4) is 0 Å². The summed E-state index contributed by atoms with van der Waals surface area (Å²) in [6.45, 7) is 11.4. The van der Waals surface area contributed by atoms with Crippen LogP contribution in [-0.2, 0) is 13.1 Å². The number of aromatic nitrogens is 2. The van der Waals surface area contributed by atoms with Crippen molar-refractivity contribution in [1.82, 2.24) is 20.4 Å². The lowest BCUT2D eigenvalue weighted by Gasteiger charge is -2.32. The molecule has 6 nitrogen and oxygen atoms in total. The molecule has 0 aliphatic carbocycles. The van der Waals surface area contributed by atoms with Crippen LogP contribution in [0, 0.1) is 19.8 Å². The molecule has 0 spiro atoms. The van der Waals surface area contributed by atoms with Crippen LogP contribution in [-0.4, -0.2) is 42.4 Å². The van der Waals surface area contributed by atoms with E-state index in [1.54, 1.807) is 0 Å². The minimum absolute atomic E-state index is 0. The van der Waals surface area contributed by atoms with Gasteiger partial charge >= 0.3 is 0 Å². The van der Waals surface area contributed by atoms with E-state index < -0.39 is 0 Å². The first kappa shape index (κ1) is 24.5. The lowest BCUT2D eigenvalue weighted by Crippen LogP contribution is -2.37. The lowest BCUT2D eigenvalue weighted by molar-refractivity contribution is 0.438. The van der Waals surface area contributed by atoms with Crippen molar-refractivity contribution >= 4 is 35.6 Å². The van der Waals surface area contributed by atoms with Crippen LogP contribution in [0.25, 0.3) is 0 Å². The van der Waals surface area contributed by atoms with Crippen molar-refractivity contribution in [3.8, 4) is 0 Å². The predicted molar refractivity (Wildman–Crippen MR) is 137 cm³/mol. The number of hydrogen-bond acceptors (Lipinski definition) is 3. The molecule has 1 aliphatic heterocycles. The summed E-state index contributed by atoms with van der Waals surface area (Å²) in [4.78, 5) is 6.83. The molecular weight excluding hydrogens is 487 g/mol. The molecule has 166 valence electrons. The summed E-state index contributed by atoms with van der Waals surface area (Å²) >= 11 is 0. The quantitative estimate of drug-likeness (QED) is 0.248. The third-order valence-corrected chi connectivity index (χ3v) is 5.71. The molecule has 1 aromatic heterocycles. The van der Waals surface area contributed by atoms with Crippen molar-refractivity contribution in [2.24, 2.45) is 10.9 Å². The molecule has 1 aliphatic rings. The van der Waals surface area contributed by atoms with Crippen molar-refractivity contribution in [1.29, 1.82) is 0 Å². The third kappa shape index (κ3) is 7.18. The first-order valence-electron chi connectivity index (χ1n) is 10.8. The van der Waals surface area contributed by atoms with Gasteiger partial charge in [-0.3, -0.25) is 9.67 Å². The van der Waals surface area contributed by atoms with E-state index >= 15 is 0 Å². The van der Waals surface area contributed by atoms with Gasteiger partial charge in [0.2, 0.25) is 0 Å². The van der Waals surface area contributed by atoms with E-state index in [0.717, 1.165) is 43.6 Å². The zero-order valence-corrected chi connectivity index (χ0v) is 21.1. The van der Waals surface area contributed by atoms with Crippen LogP contribution in [0.15, 0.2) is 35.3 Å². The van der Waals surface area contributed by atoms with Gasteiger partial charge in [-0.1, -0.05) is 19.1 Å². The highest BCUT2D eigenvalue weighted by atomic mass is 127. The number of rotatable bonds is 7. The van der Waals surface area contributed by atoms with Crippen molar-refractivity contribution in [2.45, 2.75) is 53.1 Å².